The van der Waals surface area contributed by atoms with E-state index in [1.807, 2.05) is 37.4 Å². The second kappa shape index (κ2) is 9.49. The van der Waals surface area contributed by atoms with Crippen LogP contribution in [0.1, 0.15) is 15.9 Å². The molecule has 4 rings (SSSR count). The van der Waals surface area contributed by atoms with Crippen LogP contribution in [0.4, 0.5) is 28.6 Å². The van der Waals surface area contributed by atoms with Crippen molar-refractivity contribution in [1.82, 2.24) is 10.3 Å². The van der Waals surface area contributed by atoms with Crippen molar-refractivity contribution in [2.24, 2.45) is 0 Å². The van der Waals surface area contributed by atoms with Gasteiger partial charge in [0.25, 0.3) is 5.91 Å². The number of benzene rings is 2. The van der Waals surface area contributed by atoms with Gasteiger partial charge < -0.3 is 25.6 Å². The summed E-state index contributed by atoms with van der Waals surface area (Å²) in [5.74, 6) is 0.596. The Morgan fingerprint density at radius 3 is 2.48 bits per heavy atom. The summed E-state index contributed by atoms with van der Waals surface area (Å²) in [6.07, 6.45) is 1.81. The molecule has 1 amide bonds. The fraction of sp³-hybridized carbons (Fsp3) is 0.250. The molecule has 7 nitrogen and oxygen atoms in total. The number of hydrogen-bond acceptors (Lipinski definition) is 6. The lowest BCUT2D eigenvalue weighted by atomic mass is 10.1. The Balaban J connectivity index is 1.50. The lowest BCUT2D eigenvalue weighted by Gasteiger charge is -2.28. The normalized spacial score (nSPS) is 13.5. The van der Waals surface area contributed by atoms with Crippen LogP contribution in [0, 0.1) is 6.92 Å². The summed E-state index contributed by atoms with van der Waals surface area (Å²) in [4.78, 5) is 19.0. The van der Waals surface area contributed by atoms with E-state index in [0.29, 0.717) is 5.56 Å². The number of carbonyl (C=O) groups is 1. The molecule has 1 aromatic heterocycles. The number of morpholine rings is 1. The molecule has 1 saturated heterocycles. The quantitative estimate of drug-likeness (QED) is 0.561. The zero-order valence-corrected chi connectivity index (χ0v) is 17.8. The fourth-order valence-electron chi connectivity index (χ4n) is 3.52. The number of nitrogens with zero attached hydrogens (tertiary/aromatic N) is 2. The number of pyridine rings is 1. The molecule has 7 heteroatoms. The molecule has 0 bridgehead atoms. The number of rotatable bonds is 6. The average molecular weight is 418 g/mol. The van der Waals surface area contributed by atoms with E-state index in [4.69, 9.17) is 4.74 Å². The number of anilines is 5. The molecule has 0 atom stereocenters. The lowest BCUT2D eigenvalue weighted by molar-refractivity contribution is 0.0964. The molecular weight excluding hydrogens is 390 g/mol. The van der Waals surface area contributed by atoms with Crippen LogP contribution in [0.15, 0.2) is 60.8 Å². The SMILES string of the molecule is CNC(=O)c1ccccc1Nc1cc(Nc2ccc(N3CCOCC3)cc2)ncc1C. The van der Waals surface area contributed by atoms with Crippen molar-refractivity contribution in [3.8, 4) is 0 Å². The first-order valence-corrected chi connectivity index (χ1v) is 10.4. The molecular formula is C24H27N5O2. The summed E-state index contributed by atoms with van der Waals surface area (Å²) in [6.45, 7) is 5.36. The maximum Gasteiger partial charge on any atom is 0.253 e. The van der Waals surface area contributed by atoms with Crippen LogP contribution in [0.25, 0.3) is 0 Å². The number of carbonyl (C=O) groups excluding carboxylic acids is 1. The number of aryl methyl sites for hydroxylation is 1. The third kappa shape index (κ3) is 4.95. The fourth-order valence-corrected chi connectivity index (χ4v) is 3.52. The Kier molecular flexibility index (Phi) is 6.33. The van der Waals surface area contributed by atoms with E-state index >= 15 is 0 Å². The van der Waals surface area contributed by atoms with E-state index in [0.717, 1.165) is 54.7 Å². The van der Waals surface area contributed by atoms with Crippen molar-refractivity contribution in [1.29, 1.82) is 0 Å². The minimum absolute atomic E-state index is 0.131. The molecule has 1 aliphatic rings. The third-order valence-corrected chi connectivity index (χ3v) is 5.29. The molecule has 1 fully saturated rings. The predicted octanol–water partition coefficient (Wildman–Crippen LogP) is 4.07. The maximum atomic E-state index is 12.2. The minimum atomic E-state index is -0.131. The Morgan fingerprint density at radius 2 is 1.74 bits per heavy atom. The van der Waals surface area contributed by atoms with E-state index in [9.17, 15) is 4.79 Å². The van der Waals surface area contributed by atoms with E-state index < -0.39 is 0 Å². The van der Waals surface area contributed by atoms with Crippen LogP contribution in [0.2, 0.25) is 0 Å². The van der Waals surface area contributed by atoms with Crippen LogP contribution < -0.4 is 20.9 Å². The monoisotopic (exact) mass is 417 g/mol. The number of nitrogens with one attached hydrogen (secondary N) is 3. The van der Waals surface area contributed by atoms with Crippen molar-refractivity contribution in [3.05, 3.63) is 71.9 Å². The maximum absolute atomic E-state index is 12.2. The van der Waals surface area contributed by atoms with Crippen LogP contribution in [0.5, 0.6) is 0 Å². The molecule has 0 aliphatic carbocycles. The van der Waals surface area contributed by atoms with Gasteiger partial charge in [-0.3, -0.25) is 4.79 Å². The van der Waals surface area contributed by atoms with Crippen LogP contribution in [-0.4, -0.2) is 44.2 Å². The van der Waals surface area contributed by atoms with Crippen LogP contribution in [0.3, 0.4) is 0 Å². The van der Waals surface area contributed by atoms with Gasteiger partial charge in [0.05, 0.1) is 24.5 Å². The molecule has 0 radical (unpaired) electrons. The molecule has 2 heterocycles. The van der Waals surface area contributed by atoms with Gasteiger partial charge in [-0.15, -0.1) is 0 Å². The van der Waals surface area contributed by atoms with Crippen molar-refractivity contribution in [2.45, 2.75) is 6.92 Å². The largest absolute Gasteiger partial charge is 0.378 e. The van der Waals surface area contributed by atoms with Gasteiger partial charge >= 0.3 is 0 Å². The van der Waals surface area contributed by atoms with Crippen LogP contribution in [-0.2, 0) is 4.74 Å². The van der Waals surface area contributed by atoms with E-state index in [1.54, 1.807) is 13.1 Å². The van der Waals surface area contributed by atoms with Gasteiger partial charge in [-0.2, -0.15) is 0 Å². The second-order valence-electron chi connectivity index (χ2n) is 7.41. The number of para-hydroxylation sites is 1. The number of ether oxygens (including phenoxy) is 1. The van der Waals surface area contributed by atoms with Gasteiger partial charge in [0.15, 0.2) is 0 Å². The number of hydrogen-bond donors (Lipinski definition) is 3. The Labute approximate surface area is 182 Å². The van der Waals surface area contributed by atoms with E-state index in [2.05, 4.69) is 50.1 Å². The number of amides is 1. The predicted molar refractivity (Wildman–Crippen MR) is 125 cm³/mol. The average Bonchev–Trinajstić information content (AvgIpc) is 2.82. The zero-order valence-electron chi connectivity index (χ0n) is 17.8. The highest BCUT2D eigenvalue weighted by molar-refractivity contribution is 6.00. The molecule has 160 valence electrons. The molecule has 2 aromatic carbocycles. The standard InChI is InChI=1S/C24H27N5O2/c1-17-16-26-23(15-22(17)28-21-6-4-3-5-20(21)24(30)25-2)27-18-7-9-19(10-8-18)29-11-13-31-14-12-29/h3-10,15-16H,11-14H2,1-2H3,(H,25,30)(H2,26,27,28). The molecule has 3 N–H and O–H groups in total. The summed E-state index contributed by atoms with van der Waals surface area (Å²) in [6, 6.07) is 17.7. The summed E-state index contributed by atoms with van der Waals surface area (Å²) in [5.41, 5.74) is 5.37. The van der Waals surface area contributed by atoms with Gasteiger partial charge in [-0.25, -0.2) is 4.98 Å². The van der Waals surface area contributed by atoms with Gasteiger partial charge in [-0.05, 0) is 48.9 Å². The van der Waals surface area contributed by atoms with Gasteiger partial charge in [0.2, 0.25) is 0 Å². The highest BCUT2D eigenvalue weighted by Gasteiger charge is 2.12. The molecule has 0 unspecified atom stereocenters. The van der Waals surface area contributed by atoms with E-state index in [1.165, 1.54) is 5.69 Å². The minimum Gasteiger partial charge on any atom is -0.378 e. The van der Waals surface area contributed by atoms with E-state index in [-0.39, 0.29) is 5.91 Å². The highest BCUT2D eigenvalue weighted by Crippen LogP contribution is 2.27. The first-order valence-electron chi connectivity index (χ1n) is 10.4. The second-order valence-corrected chi connectivity index (χ2v) is 7.41. The molecule has 3 aromatic rings. The molecule has 31 heavy (non-hydrogen) atoms. The van der Waals surface area contributed by atoms with Crippen molar-refractivity contribution < 1.29 is 9.53 Å². The summed E-state index contributed by atoms with van der Waals surface area (Å²) in [7, 11) is 1.63. The Bertz CT molecular complexity index is 1050. The van der Waals surface area contributed by atoms with Gasteiger partial charge in [0, 0.05) is 49.5 Å². The number of aromatic nitrogens is 1. The molecule has 0 saturated carbocycles. The van der Waals surface area contributed by atoms with Crippen molar-refractivity contribution in [2.75, 3.05) is 48.9 Å². The van der Waals surface area contributed by atoms with Gasteiger partial charge in [-0.1, -0.05) is 12.1 Å². The zero-order chi connectivity index (χ0) is 21.6. The summed E-state index contributed by atoms with van der Waals surface area (Å²) >= 11 is 0. The van der Waals surface area contributed by atoms with Crippen LogP contribution >= 0.6 is 0 Å². The first-order chi connectivity index (χ1) is 15.1. The van der Waals surface area contributed by atoms with Gasteiger partial charge in [0.1, 0.15) is 5.82 Å². The first kappa shape index (κ1) is 20.7. The van der Waals surface area contributed by atoms with Crippen molar-refractivity contribution in [3.63, 3.8) is 0 Å². The molecule has 1 aliphatic heterocycles. The molecule has 0 spiro atoms. The van der Waals surface area contributed by atoms with Crippen molar-refractivity contribution >= 4 is 34.5 Å². The summed E-state index contributed by atoms with van der Waals surface area (Å²) in [5, 5.41) is 9.42. The lowest BCUT2D eigenvalue weighted by Crippen LogP contribution is -2.36. The smallest absolute Gasteiger partial charge is 0.253 e. The summed E-state index contributed by atoms with van der Waals surface area (Å²) < 4.78 is 5.42. The highest BCUT2D eigenvalue weighted by atomic mass is 16.5. The Hall–Kier alpha value is -3.58. The Morgan fingerprint density at radius 1 is 1.00 bits per heavy atom. The topological polar surface area (TPSA) is 78.5 Å². The third-order valence-electron chi connectivity index (χ3n) is 5.29.